The normalized spacial score (nSPS) is 20.4. The molecule has 1 aromatic heterocycles. The number of aliphatic hydroxyl groups excluding tert-OH is 1. The number of hydrogen-bond donors (Lipinski definition) is 1. The first-order chi connectivity index (χ1) is 7.83. The zero-order chi connectivity index (χ0) is 11.4. The third-order valence-corrected chi connectivity index (χ3v) is 3.09. The number of methoxy groups -OCH3 is 1. The van der Waals surface area contributed by atoms with Gasteiger partial charge in [-0.05, 0) is 42.4 Å². The summed E-state index contributed by atoms with van der Waals surface area (Å²) in [4.78, 5) is 4.09. The van der Waals surface area contributed by atoms with Gasteiger partial charge in [-0.15, -0.1) is 0 Å². The summed E-state index contributed by atoms with van der Waals surface area (Å²) in [5.74, 6) is 1.09. The van der Waals surface area contributed by atoms with Crippen LogP contribution >= 0.6 is 0 Å². The Morgan fingerprint density at radius 3 is 3.06 bits per heavy atom. The maximum atomic E-state index is 9.07. The van der Waals surface area contributed by atoms with Gasteiger partial charge in [0.25, 0.3) is 0 Å². The van der Waals surface area contributed by atoms with E-state index in [2.05, 4.69) is 11.1 Å². The molecule has 1 unspecified atom stereocenters. The van der Waals surface area contributed by atoms with E-state index in [-0.39, 0.29) is 0 Å². The molecular formula is C13H17NO2. The Morgan fingerprint density at radius 2 is 2.44 bits per heavy atom. The van der Waals surface area contributed by atoms with Crippen molar-refractivity contribution in [3.8, 4) is 5.88 Å². The molecule has 0 saturated heterocycles. The molecule has 0 aromatic carbocycles. The molecule has 0 bridgehead atoms. The molecule has 2 rings (SSSR count). The van der Waals surface area contributed by atoms with E-state index >= 15 is 0 Å². The van der Waals surface area contributed by atoms with E-state index in [4.69, 9.17) is 9.84 Å². The molecule has 16 heavy (non-hydrogen) atoms. The van der Waals surface area contributed by atoms with Gasteiger partial charge in [0.1, 0.15) is 0 Å². The minimum atomic E-state index is 0.295. The molecule has 1 N–H and O–H groups in total. The van der Waals surface area contributed by atoms with Crippen LogP contribution in [0.15, 0.2) is 24.4 Å². The average molecular weight is 219 g/mol. The Morgan fingerprint density at radius 1 is 1.56 bits per heavy atom. The number of ether oxygens (including phenoxy) is 1. The van der Waals surface area contributed by atoms with Gasteiger partial charge in [-0.25, -0.2) is 4.98 Å². The van der Waals surface area contributed by atoms with E-state index in [1.807, 2.05) is 12.1 Å². The molecule has 1 aliphatic rings. The molecule has 0 radical (unpaired) electrons. The molecule has 1 atom stereocenters. The summed E-state index contributed by atoms with van der Waals surface area (Å²) in [6, 6.07) is 3.97. The second-order valence-electron chi connectivity index (χ2n) is 4.14. The zero-order valence-corrected chi connectivity index (χ0v) is 9.52. The molecule has 0 amide bonds. The first-order valence-corrected chi connectivity index (χ1v) is 5.63. The van der Waals surface area contributed by atoms with Crippen LogP contribution in [-0.4, -0.2) is 23.8 Å². The van der Waals surface area contributed by atoms with E-state index in [0.717, 1.165) is 19.3 Å². The monoisotopic (exact) mass is 219 g/mol. The molecule has 0 spiro atoms. The fraction of sp³-hybridized carbons (Fsp3) is 0.462. The van der Waals surface area contributed by atoms with Gasteiger partial charge in [0, 0.05) is 18.9 Å². The molecule has 1 aromatic rings. The molecule has 0 fully saturated rings. The summed E-state index contributed by atoms with van der Waals surface area (Å²) in [7, 11) is 1.63. The highest BCUT2D eigenvalue weighted by molar-refractivity contribution is 5.66. The molecular weight excluding hydrogens is 202 g/mol. The maximum Gasteiger partial charge on any atom is 0.213 e. The smallest absolute Gasteiger partial charge is 0.213 e. The van der Waals surface area contributed by atoms with Crippen LogP contribution in [0.25, 0.3) is 5.57 Å². The van der Waals surface area contributed by atoms with Gasteiger partial charge in [-0.2, -0.15) is 0 Å². The Bertz CT molecular complexity index is 387. The Labute approximate surface area is 95.8 Å². The highest BCUT2D eigenvalue weighted by Gasteiger charge is 2.14. The predicted molar refractivity (Wildman–Crippen MR) is 63.2 cm³/mol. The molecule has 1 heterocycles. The van der Waals surface area contributed by atoms with Crippen molar-refractivity contribution in [1.82, 2.24) is 4.98 Å². The summed E-state index contributed by atoms with van der Waals surface area (Å²) in [6.45, 7) is 0.295. The number of aliphatic hydroxyl groups is 1. The minimum absolute atomic E-state index is 0.295. The maximum absolute atomic E-state index is 9.07. The van der Waals surface area contributed by atoms with Crippen LogP contribution < -0.4 is 4.74 Å². The topological polar surface area (TPSA) is 42.4 Å². The Hall–Kier alpha value is -1.35. The standard InChI is InChI=1S/C13H17NO2/c1-16-13-8-12(6-7-14-13)11-4-2-10(9-15)3-5-11/h4,6-8,10,15H,2-3,5,9H2,1H3. The van der Waals surface area contributed by atoms with Crippen LogP contribution in [0.2, 0.25) is 0 Å². The van der Waals surface area contributed by atoms with Crippen molar-refractivity contribution in [2.45, 2.75) is 19.3 Å². The average Bonchev–Trinajstić information content (AvgIpc) is 2.39. The lowest BCUT2D eigenvalue weighted by Crippen LogP contribution is -2.09. The van der Waals surface area contributed by atoms with Crippen molar-refractivity contribution in [3.63, 3.8) is 0 Å². The lowest BCUT2D eigenvalue weighted by molar-refractivity contribution is 0.218. The number of nitrogens with zero attached hydrogens (tertiary/aromatic N) is 1. The minimum Gasteiger partial charge on any atom is -0.481 e. The Balaban J connectivity index is 2.15. The van der Waals surface area contributed by atoms with Gasteiger partial charge in [0.05, 0.1) is 7.11 Å². The largest absolute Gasteiger partial charge is 0.481 e. The van der Waals surface area contributed by atoms with Crippen molar-refractivity contribution in [1.29, 1.82) is 0 Å². The number of allylic oxidation sites excluding steroid dienone is 2. The molecule has 3 nitrogen and oxygen atoms in total. The molecule has 3 heteroatoms. The van der Waals surface area contributed by atoms with E-state index in [1.54, 1.807) is 13.3 Å². The number of rotatable bonds is 3. The van der Waals surface area contributed by atoms with Crippen LogP contribution in [0.3, 0.4) is 0 Å². The van der Waals surface area contributed by atoms with Crippen molar-refractivity contribution in [2.75, 3.05) is 13.7 Å². The second-order valence-corrected chi connectivity index (χ2v) is 4.14. The van der Waals surface area contributed by atoms with E-state index in [9.17, 15) is 0 Å². The lowest BCUT2D eigenvalue weighted by Gasteiger charge is -2.20. The third-order valence-electron chi connectivity index (χ3n) is 3.09. The van der Waals surface area contributed by atoms with Gasteiger partial charge in [0.2, 0.25) is 5.88 Å². The lowest BCUT2D eigenvalue weighted by atomic mass is 9.87. The first kappa shape index (κ1) is 11.1. The predicted octanol–water partition coefficient (Wildman–Crippen LogP) is 2.27. The fourth-order valence-corrected chi connectivity index (χ4v) is 2.04. The Kier molecular flexibility index (Phi) is 3.57. The van der Waals surface area contributed by atoms with Gasteiger partial charge >= 0.3 is 0 Å². The summed E-state index contributed by atoms with van der Waals surface area (Å²) in [6.07, 6.45) is 7.05. The van der Waals surface area contributed by atoms with Crippen molar-refractivity contribution in [2.24, 2.45) is 5.92 Å². The number of hydrogen-bond acceptors (Lipinski definition) is 3. The SMILES string of the molecule is COc1cc(C2=CCC(CO)CC2)ccn1. The van der Waals surface area contributed by atoms with E-state index in [1.165, 1.54) is 11.1 Å². The van der Waals surface area contributed by atoms with Gasteiger partial charge in [0.15, 0.2) is 0 Å². The highest BCUT2D eigenvalue weighted by atomic mass is 16.5. The van der Waals surface area contributed by atoms with Crippen LogP contribution in [0.4, 0.5) is 0 Å². The second kappa shape index (κ2) is 5.12. The molecule has 1 aliphatic carbocycles. The summed E-state index contributed by atoms with van der Waals surface area (Å²) in [5, 5.41) is 9.07. The number of pyridine rings is 1. The quantitative estimate of drug-likeness (QED) is 0.848. The number of aromatic nitrogens is 1. The van der Waals surface area contributed by atoms with Crippen molar-refractivity contribution in [3.05, 3.63) is 30.0 Å². The fourth-order valence-electron chi connectivity index (χ4n) is 2.04. The van der Waals surface area contributed by atoms with Gasteiger partial charge in [-0.1, -0.05) is 6.08 Å². The van der Waals surface area contributed by atoms with E-state index in [0.29, 0.717) is 18.4 Å². The summed E-state index contributed by atoms with van der Waals surface area (Å²) in [5.41, 5.74) is 2.52. The van der Waals surface area contributed by atoms with Crippen LogP contribution in [0.1, 0.15) is 24.8 Å². The molecule has 86 valence electrons. The third kappa shape index (κ3) is 2.42. The van der Waals surface area contributed by atoms with Gasteiger partial charge < -0.3 is 9.84 Å². The zero-order valence-electron chi connectivity index (χ0n) is 9.52. The van der Waals surface area contributed by atoms with Gasteiger partial charge in [-0.3, -0.25) is 0 Å². The highest BCUT2D eigenvalue weighted by Crippen LogP contribution is 2.30. The van der Waals surface area contributed by atoms with Crippen molar-refractivity contribution >= 4 is 5.57 Å². The van der Waals surface area contributed by atoms with E-state index < -0.39 is 0 Å². The van der Waals surface area contributed by atoms with Crippen LogP contribution in [0.5, 0.6) is 5.88 Å². The summed E-state index contributed by atoms with van der Waals surface area (Å²) >= 11 is 0. The molecule has 0 aliphatic heterocycles. The summed E-state index contributed by atoms with van der Waals surface area (Å²) < 4.78 is 5.11. The van der Waals surface area contributed by atoms with Crippen molar-refractivity contribution < 1.29 is 9.84 Å². The molecule has 0 saturated carbocycles. The van der Waals surface area contributed by atoms with Crippen LogP contribution in [-0.2, 0) is 0 Å². The first-order valence-electron chi connectivity index (χ1n) is 5.63. The van der Waals surface area contributed by atoms with Crippen LogP contribution in [0, 0.1) is 5.92 Å².